The van der Waals surface area contributed by atoms with Crippen molar-refractivity contribution in [2.24, 2.45) is 51.2 Å². The lowest BCUT2D eigenvalue weighted by atomic mass is 9.36. The lowest BCUT2D eigenvalue weighted by Crippen LogP contribution is -2.60. The van der Waals surface area contributed by atoms with Crippen molar-refractivity contribution in [2.45, 2.75) is 160 Å². The van der Waals surface area contributed by atoms with Crippen LogP contribution in [0.15, 0.2) is 54.6 Å². The normalized spacial score (nSPS) is 34.5. The molecule has 1 aromatic carbocycles. The van der Waals surface area contributed by atoms with E-state index in [9.17, 15) is 14.7 Å². The Bertz CT molecular complexity index is 1420. The first kappa shape index (κ1) is 42.8. The molecule has 0 heterocycles. The van der Waals surface area contributed by atoms with Crippen LogP contribution in [0, 0.1) is 51.2 Å². The Morgan fingerprint density at radius 1 is 0.824 bits per heavy atom. The zero-order chi connectivity index (χ0) is 38.6. The minimum absolute atomic E-state index is 0.0490. The van der Waals surface area contributed by atoms with Crippen LogP contribution in [0.25, 0.3) is 5.57 Å². The van der Waals surface area contributed by atoms with Crippen LogP contribution in [0.1, 0.15) is 170 Å². The maximum absolute atomic E-state index is 12.6. The van der Waals surface area contributed by atoms with Gasteiger partial charge in [0.2, 0.25) is 0 Å². The Kier molecular flexibility index (Phi) is 13.9. The molecular formula is C47H74O4. The van der Waals surface area contributed by atoms with Crippen LogP contribution in [-0.2, 0) is 9.53 Å². The highest BCUT2D eigenvalue weighted by Gasteiger charge is 2.65. The van der Waals surface area contributed by atoms with Crippen LogP contribution < -0.4 is 0 Å². The maximum Gasteiger partial charge on any atom is 0.338 e. The lowest BCUT2D eigenvalue weighted by molar-refractivity contribution is -0.174. The third-order valence-corrected chi connectivity index (χ3v) is 13.5. The van der Waals surface area contributed by atoms with Crippen LogP contribution in [0.4, 0.5) is 0 Å². The molecule has 286 valence electrons. The van der Waals surface area contributed by atoms with Gasteiger partial charge in [-0.15, -0.1) is 6.58 Å². The molecule has 3 unspecified atom stereocenters. The third kappa shape index (κ3) is 8.62. The first-order valence-electron chi connectivity index (χ1n) is 20.4. The van der Waals surface area contributed by atoms with Crippen molar-refractivity contribution in [3.05, 3.63) is 65.8 Å². The summed E-state index contributed by atoms with van der Waals surface area (Å²) in [7, 11) is 0. The summed E-state index contributed by atoms with van der Waals surface area (Å²) in [5, 5.41) is 9.42. The molecule has 4 saturated carbocycles. The summed E-state index contributed by atoms with van der Waals surface area (Å²) in [6.45, 7) is 31.4. The largest absolute Gasteiger partial charge is 0.478 e. The van der Waals surface area contributed by atoms with Crippen molar-refractivity contribution >= 4 is 17.5 Å². The van der Waals surface area contributed by atoms with E-state index in [4.69, 9.17) is 4.74 Å². The Labute approximate surface area is 313 Å². The molecule has 5 aliphatic rings. The fourth-order valence-electron chi connectivity index (χ4n) is 12.0. The van der Waals surface area contributed by atoms with Gasteiger partial charge in [0.25, 0.3) is 0 Å². The topological polar surface area (TPSA) is 63.6 Å². The van der Waals surface area contributed by atoms with Gasteiger partial charge in [-0.3, -0.25) is 0 Å². The highest BCUT2D eigenvalue weighted by Crippen LogP contribution is 2.73. The zero-order valence-electron chi connectivity index (χ0n) is 34.9. The van der Waals surface area contributed by atoms with Crippen molar-refractivity contribution in [1.29, 1.82) is 0 Å². The van der Waals surface area contributed by atoms with E-state index in [1.807, 2.05) is 74.4 Å². The molecule has 4 nitrogen and oxygen atoms in total. The second-order valence-corrected chi connectivity index (χ2v) is 18.3. The standard InChI is InChI=1S/C39H54O4.C4H8.2C2H6/c1-35(2,3)43-34(42)26-12-10-25(11-13-26)28-16-21-38(7)31(36(28,4)5)18-22-37(6)29-17-23-39(24-19-33(40)41)20-8-9-30(39)27(29)14-15-32(37)38;1-4(2)3;2*1-2/h10-13,16,19,24,27,29-32H,8-9,14-15,17-18,20-23H2,1-7H3,(H,40,41);1H2,2-3H3;2*1-2H3/b24-19+;;;/t27-,29?,30+,31?,32?,37-,38-,39+;;;/m0.../s1. The van der Waals surface area contributed by atoms with Crippen LogP contribution in [-0.4, -0.2) is 22.6 Å². The highest BCUT2D eigenvalue weighted by atomic mass is 16.6. The molecule has 1 aromatic rings. The van der Waals surface area contributed by atoms with Crippen LogP contribution in [0.5, 0.6) is 0 Å². The number of carboxylic acids is 1. The van der Waals surface area contributed by atoms with Gasteiger partial charge in [-0.05, 0) is 167 Å². The minimum Gasteiger partial charge on any atom is -0.478 e. The number of carbonyl (C=O) groups is 2. The SMILES string of the molecule is C=C(C)C.CC.CC.CC(C)(C)OC(=O)c1ccc(C2=CC[C@@]3(C)C(CC[C@@]4(C)C5CC[C@@]6(/C=C/C(=O)O)CCC[C@@H]6[C@H]5CCC43)C2(C)C)cc1. The van der Waals surface area contributed by atoms with Gasteiger partial charge < -0.3 is 9.84 Å². The number of aliphatic carboxylic acids is 1. The van der Waals surface area contributed by atoms with E-state index < -0.39 is 11.6 Å². The summed E-state index contributed by atoms with van der Waals surface area (Å²) in [5.41, 5.74) is 4.74. The van der Waals surface area contributed by atoms with Gasteiger partial charge in [0, 0.05) is 6.08 Å². The van der Waals surface area contributed by atoms with Gasteiger partial charge in [0.05, 0.1) is 5.56 Å². The number of carbonyl (C=O) groups excluding carboxylic acids is 1. The predicted molar refractivity (Wildman–Crippen MR) is 216 cm³/mol. The molecule has 0 aliphatic heterocycles. The van der Waals surface area contributed by atoms with Gasteiger partial charge in [0.1, 0.15) is 5.60 Å². The molecule has 0 spiro atoms. The molecule has 1 N–H and O–H groups in total. The van der Waals surface area contributed by atoms with Crippen molar-refractivity contribution in [1.82, 2.24) is 0 Å². The summed E-state index contributed by atoms with van der Waals surface area (Å²) in [6, 6.07) is 8.13. The van der Waals surface area contributed by atoms with E-state index in [-0.39, 0.29) is 22.2 Å². The number of ether oxygens (including phenoxy) is 1. The average molecular weight is 703 g/mol. The predicted octanol–water partition coefficient (Wildman–Crippen LogP) is 13.4. The van der Waals surface area contributed by atoms with Crippen molar-refractivity contribution < 1.29 is 19.4 Å². The van der Waals surface area contributed by atoms with Gasteiger partial charge in [-0.2, -0.15) is 0 Å². The molecule has 0 aromatic heterocycles. The van der Waals surface area contributed by atoms with E-state index in [0.29, 0.717) is 22.8 Å². The van der Waals surface area contributed by atoms with Crippen LogP contribution in [0.2, 0.25) is 0 Å². The van der Waals surface area contributed by atoms with Crippen LogP contribution in [0.3, 0.4) is 0 Å². The quantitative estimate of drug-likeness (QED) is 0.193. The molecule has 0 saturated heterocycles. The molecule has 4 fully saturated rings. The summed E-state index contributed by atoms with van der Waals surface area (Å²) in [4.78, 5) is 24.1. The summed E-state index contributed by atoms with van der Waals surface area (Å²) < 4.78 is 5.60. The fourth-order valence-corrected chi connectivity index (χ4v) is 12.0. The molecule has 8 atom stereocenters. The Morgan fingerprint density at radius 2 is 1.43 bits per heavy atom. The monoisotopic (exact) mass is 703 g/mol. The van der Waals surface area contributed by atoms with E-state index in [2.05, 4.69) is 58.6 Å². The number of allylic oxidation sites excluding steroid dienone is 4. The second kappa shape index (κ2) is 16.6. The van der Waals surface area contributed by atoms with E-state index in [1.165, 1.54) is 80.6 Å². The number of fused-ring (bicyclic) bond motifs is 7. The molecule has 0 radical (unpaired) electrons. The third-order valence-electron chi connectivity index (χ3n) is 13.5. The van der Waals surface area contributed by atoms with Gasteiger partial charge in [-0.1, -0.05) is 91.7 Å². The molecule has 5 aliphatic carbocycles. The molecule has 6 rings (SSSR count). The van der Waals surface area contributed by atoms with Gasteiger partial charge in [0.15, 0.2) is 0 Å². The molecular weight excluding hydrogens is 629 g/mol. The lowest BCUT2D eigenvalue weighted by Gasteiger charge is -2.68. The first-order valence-corrected chi connectivity index (χ1v) is 20.4. The van der Waals surface area contributed by atoms with Crippen molar-refractivity contribution in [3.63, 3.8) is 0 Å². The number of benzene rings is 1. The zero-order valence-corrected chi connectivity index (χ0v) is 34.9. The van der Waals surface area contributed by atoms with Gasteiger partial charge >= 0.3 is 11.9 Å². The Morgan fingerprint density at radius 3 is 2.00 bits per heavy atom. The van der Waals surface area contributed by atoms with Gasteiger partial charge in [-0.25, -0.2) is 9.59 Å². The number of esters is 1. The molecule has 51 heavy (non-hydrogen) atoms. The minimum atomic E-state index is -0.796. The average Bonchev–Trinajstić information content (AvgIpc) is 3.49. The van der Waals surface area contributed by atoms with Crippen molar-refractivity contribution in [3.8, 4) is 0 Å². The van der Waals surface area contributed by atoms with Crippen molar-refractivity contribution in [2.75, 3.05) is 0 Å². The smallest absolute Gasteiger partial charge is 0.338 e. The number of hydrogen-bond acceptors (Lipinski definition) is 3. The highest BCUT2D eigenvalue weighted by molar-refractivity contribution is 5.90. The summed E-state index contributed by atoms with van der Waals surface area (Å²) >= 11 is 0. The van der Waals surface area contributed by atoms with E-state index >= 15 is 0 Å². The fraction of sp³-hybridized carbons (Fsp3) is 0.702. The molecule has 4 heteroatoms. The number of hydrogen-bond donors (Lipinski definition) is 1. The first-order chi connectivity index (χ1) is 23.8. The Hall–Kier alpha value is -2.62. The second-order valence-electron chi connectivity index (χ2n) is 18.3. The molecule has 0 amide bonds. The van der Waals surface area contributed by atoms with E-state index in [1.54, 1.807) is 0 Å². The Balaban J connectivity index is 0.000000809. The number of carboxylic acid groups (broad SMARTS) is 1. The van der Waals surface area contributed by atoms with Crippen LogP contribution >= 0.6 is 0 Å². The summed E-state index contributed by atoms with van der Waals surface area (Å²) in [6.07, 6.45) is 18.6. The summed E-state index contributed by atoms with van der Waals surface area (Å²) in [5.74, 6) is 2.43. The van der Waals surface area contributed by atoms with E-state index in [0.717, 1.165) is 24.2 Å². The number of rotatable bonds is 4. The molecule has 0 bridgehead atoms. The maximum atomic E-state index is 12.6.